The Labute approximate surface area is 174 Å². The number of halogens is 2. The highest BCUT2D eigenvalue weighted by molar-refractivity contribution is 6.31. The summed E-state index contributed by atoms with van der Waals surface area (Å²) in [6.45, 7) is 4.77. The van der Waals surface area contributed by atoms with E-state index in [1.807, 2.05) is 4.90 Å². The number of amides is 1. The van der Waals surface area contributed by atoms with E-state index in [1.54, 1.807) is 25.3 Å². The highest BCUT2D eigenvalue weighted by Crippen LogP contribution is 2.34. The first-order valence-corrected chi connectivity index (χ1v) is 9.89. The average molecular weight is 414 g/mol. The summed E-state index contributed by atoms with van der Waals surface area (Å²) in [5.74, 6) is -1.22. The van der Waals surface area contributed by atoms with Crippen LogP contribution in [-0.4, -0.2) is 57.2 Å². The molecule has 1 saturated heterocycles. The van der Waals surface area contributed by atoms with Gasteiger partial charge in [-0.3, -0.25) is 9.69 Å². The van der Waals surface area contributed by atoms with Gasteiger partial charge in [0.05, 0.1) is 23.6 Å². The number of hydrogen-bond donors (Lipinski definition) is 2. The molecule has 8 heteroatoms. The maximum atomic E-state index is 14.7. The molecule has 2 aliphatic rings. The molecule has 30 heavy (non-hydrogen) atoms. The SMILES string of the molecule is COCCN1CCN(c2ccc(N/C=C3/C(=O)Nc4cccc(F)c43)cc2F)CC1. The smallest absolute Gasteiger partial charge is 0.257 e. The van der Waals surface area contributed by atoms with E-state index >= 15 is 0 Å². The molecule has 2 aromatic carbocycles. The van der Waals surface area contributed by atoms with Crippen LogP contribution in [0.15, 0.2) is 42.6 Å². The summed E-state index contributed by atoms with van der Waals surface area (Å²) in [7, 11) is 1.69. The highest BCUT2D eigenvalue weighted by atomic mass is 19.1. The molecule has 6 nitrogen and oxygen atoms in total. The Morgan fingerprint density at radius 3 is 2.67 bits per heavy atom. The van der Waals surface area contributed by atoms with Crippen LogP contribution >= 0.6 is 0 Å². The summed E-state index contributed by atoms with van der Waals surface area (Å²) in [5, 5.41) is 5.54. The van der Waals surface area contributed by atoms with E-state index in [-0.39, 0.29) is 17.0 Å². The van der Waals surface area contributed by atoms with Gasteiger partial charge in [0.15, 0.2) is 0 Å². The average Bonchev–Trinajstić information content (AvgIpc) is 3.07. The van der Waals surface area contributed by atoms with E-state index in [2.05, 4.69) is 15.5 Å². The van der Waals surface area contributed by atoms with E-state index in [4.69, 9.17) is 4.74 Å². The van der Waals surface area contributed by atoms with Crippen LogP contribution in [0.3, 0.4) is 0 Å². The van der Waals surface area contributed by atoms with Crippen LogP contribution in [0.4, 0.5) is 25.8 Å². The zero-order chi connectivity index (χ0) is 21.1. The van der Waals surface area contributed by atoms with Crippen molar-refractivity contribution in [1.82, 2.24) is 4.90 Å². The lowest BCUT2D eigenvalue weighted by Gasteiger charge is -2.36. The maximum Gasteiger partial charge on any atom is 0.257 e. The molecule has 0 radical (unpaired) electrons. The van der Waals surface area contributed by atoms with E-state index in [0.717, 1.165) is 32.7 Å². The first-order valence-electron chi connectivity index (χ1n) is 9.89. The van der Waals surface area contributed by atoms with Crippen molar-refractivity contribution in [2.75, 3.05) is 62.0 Å². The molecule has 0 spiro atoms. The van der Waals surface area contributed by atoms with Gasteiger partial charge in [-0.15, -0.1) is 0 Å². The number of benzene rings is 2. The minimum Gasteiger partial charge on any atom is -0.383 e. The number of piperazine rings is 1. The Kier molecular flexibility index (Phi) is 5.96. The molecule has 1 amide bonds. The monoisotopic (exact) mass is 414 g/mol. The van der Waals surface area contributed by atoms with Crippen molar-refractivity contribution in [3.63, 3.8) is 0 Å². The fourth-order valence-electron chi connectivity index (χ4n) is 3.78. The van der Waals surface area contributed by atoms with Crippen LogP contribution in [0.25, 0.3) is 5.57 Å². The number of carbonyl (C=O) groups is 1. The number of nitrogens with zero attached hydrogens (tertiary/aromatic N) is 2. The maximum absolute atomic E-state index is 14.7. The van der Waals surface area contributed by atoms with Crippen molar-refractivity contribution in [1.29, 1.82) is 0 Å². The van der Waals surface area contributed by atoms with E-state index < -0.39 is 11.7 Å². The number of anilines is 3. The lowest BCUT2D eigenvalue weighted by molar-refractivity contribution is -0.110. The van der Waals surface area contributed by atoms with Crippen molar-refractivity contribution < 1.29 is 18.3 Å². The largest absolute Gasteiger partial charge is 0.383 e. The normalized spacial score (nSPS) is 17.9. The zero-order valence-electron chi connectivity index (χ0n) is 16.8. The summed E-state index contributed by atoms with van der Waals surface area (Å²) in [6.07, 6.45) is 1.41. The predicted octanol–water partition coefficient (Wildman–Crippen LogP) is 3.14. The molecule has 0 unspecified atom stereocenters. The van der Waals surface area contributed by atoms with Gasteiger partial charge in [-0.25, -0.2) is 8.78 Å². The first-order chi connectivity index (χ1) is 14.6. The van der Waals surface area contributed by atoms with Crippen LogP contribution in [0.5, 0.6) is 0 Å². The third-order valence-electron chi connectivity index (χ3n) is 5.43. The Bertz CT molecular complexity index is 972. The second-order valence-electron chi connectivity index (χ2n) is 7.31. The van der Waals surface area contributed by atoms with Gasteiger partial charge in [-0.05, 0) is 30.3 Å². The summed E-state index contributed by atoms with van der Waals surface area (Å²) in [5.41, 5.74) is 1.87. The molecule has 4 rings (SSSR count). The lowest BCUT2D eigenvalue weighted by Crippen LogP contribution is -2.47. The predicted molar refractivity (Wildman–Crippen MR) is 114 cm³/mol. The first kappa shape index (κ1) is 20.3. The number of carbonyl (C=O) groups excluding carboxylic acids is 1. The van der Waals surface area contributed by atoms with Gasteiger partial charge in [0, 0.05) is 57.3 Å². The molecule has 2 N–H and O–H groups in total. The fraction of sp³-hybridized carbons (Fsp3) is 0.318. The Balaban J connectivity index is 1.44. The third-order valence-corrected chi connectivity index (χ3v) is 5.43. The molecule has 2 aliphatic heterocycles. The Morgan fingerprint density at radius 1 is 1.13 bits per heavy atom. The second kappa shape index (κ2) is 8.81. The molecule has 0 aliphatic carbocycles. The van der Waals surface area contributed by atoms with Crippen LogP contribution < -0.4 is 15.5 Å². The van der Waals surface area contributed by atoms with Crippen LogP contribution in [-0.2, 0) is 9.53 Å². The molecule has 0 aromatic heterocycles. The van der Waals surface area contributed by atoms with Gasteiger partial charge in [0.25, 0.3) is 5.91 Å². The van der Waals surface area contributed by atoms with Crippen molar-refractivity contribution in [3.05, 3.63) is 59.8 Å². The van der Waals surface area contributed by atoms with Gasteiger partial charge in [0.1, 0.15) is 11.6 Å². The summed E-state index contributed by atoms with van der Waals surface area (Å²) in [6, 6.07) is 9.35. The molecular formula is C22H24F2N4O2. The third kappa shape index (κ3) is 4.15. The molecule has 1 fully saturated rings. The van der Waals surface area contributed by atoms with Crippen molar-refractivity contribution in [2.24, 2.45) is 0 Å². The van der Waals surface area contributed by atoms with Gasteiger partial charge < -0.3 is 20.3 Å². The standard InChI is InChI=1S/C22H24F2N4O2/c1-30-12-11-27-7-9-28(10-8-27)20-6-5-15(13-18(20)24)25-14-16-21-17(23)3-2-4-19(21)26-22(16)29/h2-6,13-14,25H,7-12H2,1H3,(H,26,29)/b16-14+. The van der Waals surface area contributed by atoms with Crippen molar-refractivity contribution in [3.8, 4) is 0 Å². The molecule has 0 bridgehead atoms. The van der Waals surface area contributed by atoms with Gasteiger partial charge in [-0.2, -0.15) is 0 Å². The van der Waals surface area contributed by atoms with Gasteiger partial charge in [-0.1, -0.05) is 6.07 Å². The van der Waals surface area contributed by atoms with E-state index in [9.17, 15) is 13.6 Å². The fourth-order valence-corrected chi connectivity index (χ4v) is 3.78. The molecular weight excluding hydrogens is 390 g/mol. The van der Waals surface area contributed by atoms with Crippen LogP contribution in [0, 0.1) is 11.6 Å². The highest BCUT2D eigenvalue weighted by Gasteiger charge is 2.27. The van der Waals surface area contributed by atoms with E-state index in [0.29, 0.717) is 23.7 Å². The summed E-state index contributed by atoms with van der Waals surface area (Å²) >= 11 is 0. The van der Waals surface area contributed by atoms with Gasteiger partial charge in [0.2, 0.25) is 0 Å². The topological polar surface area (TPSA) is 56.8 Å². The number of methoxy groups -OCH3 is 1. The molecule has 0 atom stereocenters. The van der Waals surface area contributed by atoms with Crippen molar-refractivity contribution >= 4 is 28.5 Å². The van der Waals surface area contributed by atoms with Crippen molar-refractivity contribution in [2.45, 2.75) is 0 Å². The molecule has 0 saturated carbocycles. The number of nitrogens with one attached hydrogen (secondary N) is 2. The Hall–Kier alpha value is -2.97. The quantitative estimate of drug-likeness (QED) is 0.712. The van der Waals surface area contributed by atoms with Crippen LogP contribution in [0.2, 0.25) is 0 Å². The minimum atomic E-state index is -0.481. The molecule has 2 heterocycles. The molecule has 158 valence electrons. The second-order valence-corrected chi connectivity index (χ2v) is 7.31. The summed E-state index contributed by atoms with van der Waals surface area (Å²) < 4.78 is 34.0. The van der Waals surface area contributed by atoms with E-state index in [1.165, 1.54) is 24.4 Å². The number of hydrogen-bond acceptors (Lipinski definition) is 5. The van der Waals surface area contributed by atoms with Crippen LogP contribution in [0.1, 0.15) is 5.56 Å². The minimum absolute atomic E-state index is 0.180. The zero-order valence-corrected chi connectivity index (χ0v) is 16.8. The number of ether oxygens (including phenoxy) is 1. The number of rotatable bonds is 6. The number of fused-ring (bicyclic) bond motifs is 1. The Morgan fingerprint density at radius 2 is 1.93 bits per heavy atom. The molecule has 2 aromatic rings. The summed E-state index contributed by atoms with van der Waals surface area (Å²) in [4.78, 5) is 16.5. The van der Waals surface area contributed by atoms with Gasteiger partial charge >= 0.3 is 0 Å². The lowest BCUT2D eigenvalue weighted by atomic mass is 10.1.